The number of amides is 1. The first kappa shape index (κ1) is 14.7. The summed E-state index contributed by atoms with van der Waals surface area (Å²) in [7, 11) is 1.90. The fourth-order valence-corrected chi connectivity index (χ4v) is 2.04. The molecule has 0 spiro atoms. The van der Waals surface area contributed by atoms with Crippen molar-refractivity contribution in [3.05, 3.63) is 47.0 Å². The van der Waals surface area contributed by atoms with Crippen LogP contribution in [0.3, 0.4) is 0 Å². The summed E-state index contributed by atoms with van der Waals surface area (Å²) in [5, 5.41) is 6.69. The number of carbonyl (C=O) groups excluding carboxylic acids is 1. The molecule has 18 heavy (non-hydrogen) atoms. The Kier molecular flexibility index (Phi) is 5.89. The predicted molar refractivity (Wildman–Crippen MR) is 76.1 cm³/mol. The number of hydrogen-bond acceptors (Lipinski definition) is 2. The molecule has 0 aromatic heterocycles. The molecule has 1 aliphatic heterocycles. The van der Waals surface area contributed by atoms with Crippen LogP contribution in [0.5, 0.6) is 0 Å². The van der Waals surface area contributed by atoms with E-state index in [1.54, 1.807) is 18.2 Å². The smallest absolute Gasteiger partial charge is 0.252 e. The maximum absolute atomic E-state index is 11.6. The summed E-state index contributed by atoms with van der Waals surface area (Å²) in [6, 6.07) is 5.50. The van der Waals surface area contributed by atoms with Crippen LogP contribution in [-0.4, -0.2) is 19.5 Å². The molecule has 1 amide bonds. The van der Waals surface area contributed by atoms with Gasteiger partial charge in [0.2, 0.25) is 0 Å². The molecule has 0 aliphatic carbocycles. The molecule has 1 heterocycles. The molecule has 2 N–H and O–H groups in total. The van der Waals surface area contributed by atoms with Gasteiger partial charge in [0.1, 0.15) is 0 Å². The summed E-state index contributed by atoms with van der Waals surface area (Å²) < 4.78 is 0. The van der Waals surface area contributed by atoms with E-state index in [-0.39, 0.29) is 11.9 Å². The second-order valence-corrected chi connectivity index (χ2v) is 4.49. The third-order valence-corrected chi connectivity index (χ3v) is 2.86. The van der Waals surface area contributed by atoms with Crippen molar-refractivity contribution in [1.29, 1.82) is 0 Å². The van der Waals surface area contributed by atoms with Gasteiger partial charge in [-0.1, -0.05) is 17.7 Å². The third-order valence-electron chi connectivity index (χ3n) is 2.62. The lowest BCUT2D eigenvalue weighted by Crippen LogP contribution is -2.22. The van der Waals surface area contributed by atoms with Crippen LogP contribution >= 0.6 is 11.6 Å². The summed E-state index contributed by atoms with van der Waals surface area (Å²) in [6.07, 6.45) is 2.63. The van der Waals surface area contributed by atoms with Crippen molar-refractivity contribution in [3.8, 4) is 0 Å². The van der Waals surface area contributed by atoms with Crippen LogP contribution in [0.15, 0.2) is 30.9 Å². The number of nitrogens with one attached hydrogen (secondary N) is 2. The molecule has 1 atom stereocenters. The standard InChI is InChI=1S/C11H13ClN2O.C3H6/c1-13-5-4-10-9-6-7(12)2-3-8(9)11(15)14-10;1-3-2/h2-3,6,10,13H,4-5H2,1H3,(H,14,15);3H,1H2,2H3. The first-order valence-electron chi connectivity index (χ1n) is 5.96. The number of halogens is 1. The quantitative estimate of drug-likeness (QED) is 0.826. The van der Waals surface area contributed by atoms with Crippen molar-refractivity contribution in [2.45, 2.75) is 19.4 Å². The normalized spacial score (nSPS) is 16.4. The van der Waals surface area contributed by atoms with E-state index in [0.717, 1.165) is 24.1 Å². The maximum Gasteiger partial charge on any atom is 0.252 e. The van der Waals surface area contributed by atoms with E-state index in [0.29, 0.717) is 5.02 Å². The summed E-state index contributed by atoms with van der Waals surface area (Å²) in [4.78, 5) is 11.6. The lowest BCUT2D eigenvalue weighted by Gasteiger charge is -2.10. The van der Waals surface area contributed by atoms with Gasteiger partial charge in [-0.2, -0.15) is 0 Å². The fourth-order valence-electron chi connectivity index (χ4n) is 1.86. The second-order valence-electron chi connectivity index (χ2n) is 4.06. The average Bonchev–Trinajstić information content (AvgIpc) is 2.64. The minimum absolute atomic E-state index is 0.00256. The molecule has 1 aliphatic rings. The minimum atomic E-state index is 0.00256. The topological polar surface area (TPSA) is 41.1 Å². The van der Waals surface area contributed by atoms with E-state index in [1.165, 1.54) is 0 Å². The van der Waals surface area contributed by atoms with E-state index in [4.69, 9.17) is 11.6 Å². The number of fused-ring (bicyclic) bond motifs is 1. The largest absolute Gasteiger partial charge is 0.345 e. The Morgan fingerprint density at radius 3 is 2.83 bits per heavy atom. The van der Waals surface area contributed by atoms with Crippen LogP contribution < -0.4 is 10.6 Å². The molecule has 1 aromatic rings. The zero-order chi connectivity index (χ0) is 13.5. The first-order chi connectivity index (χ1) is 8.63. The number of carbonyl (C=O) groups is 1. The van der Waals surface area contributed by atoms with E-state index in [2.05, 4.69) is 17.2 Å². The highest BCUT2D eigenvalue weighted by Crippen LogP contribution is 2.29. The monoisotopic (exact) mass is 266 g/mol. The van der Waals surface area contributed by atoms with Crippen LogP contribution in [0.25, 0.3) is 0 Å². The van der Waals surface area contributed by atoms with Gasteiger partial charge in [0.15, 0.2) is 0 Å². The van der Waals surface area contributed by atoms with E-state index >= 15 is 0 Å². The average molecular weight is 267 g/mol. The summed E-state index contributed by atoms with van der Waals surface area (Å²) in [5.74, 6) is 0.00256. The van der Waals surface area contributed by atoms with Crippen LogP contribution in [0, 0.1) is 0 Å². The first-order valence-corrected chi connectivity index (χ1v) is 6.33. The molecule has 2 rings (SSSR count). The van der Waals surface area contributed by atoms with Crippen LogP contribution in [0.4, 0.5) is 0 Å². The third kappa shape index (κ3) is 3.59. The van der Waals surface area contributed by atoms with Gasteiger partial charge in [-0.25, -0.2) is 0 Å². The van der Waals surface area contributed by atoms with E-state index < -0.39 is 0 Å². The predicted octanol–water partition coefficient (Wildman–Crippen LogP) is 2.93. The molecule has 3 nitrogen and oxygen atoms in total. The van der Waals surface area contributed by atoms with Gasteiger partial charge in [0.05, 0.1) is 6.04 Å². The number of benzene rings is 1. The van der Waals surface area contributed by atoms with Gasteiger partial charge >= 0.3 is 0 Å². The highest BCUT2D eigenvalue weighted by Gasteiger charge is 2.27. The Labute approximate surface area is 113 Å². The van der Waals surface area contributed by atoms with Crippen molar-refractivity contribution >= 4 is 17.5 Å². The van der Waals surface area contributed by atoms with Crippen LogP contribution in [0.2, 0.25) is 5.02 Å². The van der Waals surface area contributed by atoms with Crippen molar-refractivity contribution in [2.24, 2.45) is 0 Å². The molecule has 0 saturated carbocycles. The second kappa shape index (κ2) is 7.19. The van der Waals surface area contributed by atoms with E-state index in [1.807, 2.05) is 20.0 Å². The minimum Gasteiger partial charge on any atom is -0.345 e. The Balaban J connectivity index is 0.000000492. The Bertz CT molecular complexity index is 432. The van der Waals surface area contributed by atoms with Crippen molar-refractivity contribution < 1.29 is 4.79 Å². The van der Waals surface area contributed by atoms with Gasteiger partial charge in [0, 0.05) is 10.6 Å². The van der Waals surface area contributed by atoms with E-state index in [9.17, 15) is 4.79 Å². The van der Waals surface area contributed by atoms with Gasteiger partial charge in [-0.05, 0) is 50.7 Å². The van der Waals surface area contributed by atoms with Crippen molar-refractivity contribution in [3.63, 3.8) is 0 Å². The maximum atomic E-state index is 11.6. The molecule has 1 aromatic carbocycles. The van der Waals surface area contributed by atoms with Gasteiger partial charge in [-0.15, -0.1) is 6.58 Å². The molecular weight excluding hydrogens is 248 g/mol. The molecule has 0 bridgehead atoms. The lowest BCUT2D eigenvalue weighted by molar-refractivity contribution is 0.0955. The fraction of sp³-hybridized carbons (Fsp3) is 0.357. The molecule has 0 radical (unpaired) electrons. The molecular formula is C14H19ClN2O. The zero-order valence-electron chi connectivity index (χ0n) is 10.8. The number of allylic oxidation sites excluding steroid dienone is 1. The Morgan fingerprint density at radius 1 is 1.56 bits per heavy atom. The summed E-state index contributed by atoms with van der Waals surface area (Å²) in [5.41, 5.74) is 1.77. The number of rotatable bonds is 3. The Morgan fingerprint density at radius 2 is 2.22 bits per heavy atom. The van der Waals surface area contributed by atoms with Crippen molar-refractivity contribution in [2.75, 3.05) is 13.6 Å². The summed E-state index contributed by atoms with van der Waals surface area (Å²) in [6.45, 7) is 6.12. The number of hydrogen-bond donors (Lipinski definition) is 2. The Hall–Kier alpha value is -1.32. The zero-order valence-corrected chi connectivity index (χ0v) is 11.6. The van der Waals surface area contributed by atoms with Gasteiger partial charge in [0.25, 0.3) is 5.91 Å². The highest BCUT2D eigenvalue weighted by molar-refractivity contribution is 6.30. The molecule has 98 valence electrons. The molecule has 1 unspecified atom stereocenters. The highest BCUT2D eigenvalue weighted by atomic mass is 35.5. The van der Waals surface area contributed by atoms with Crippen LogP contribution in [0.1, 0.15) is 35.3 Å². The SMILES string of the molecule is C=CC.CNCCC1NC(=O)c2ccc(Cl)cc21. The molecule has 0 saturated heterocycles. The van der Waals surface area contributed by atoms with Crippen LogP contribution in [-0.2, 0) is 0 Å². The molecule has 0 fully saturated rings. The van der Waals surface area contributed by atoms with Crippen molar-refractivity contribution in [1.82, 2.24) is 10.6 Å². The molecule has 4 heteroatoms. The van der Waals surface area contributed by atoms with Gasteiger partial charge < -0.3 is 10.6 Å². The lowest BCUT2D eigenvalue weighted by atomic mass is 10.0. The summed E-state index contributed by atoms with van der Waals surface area (Å²) >= 11 is 5.92. The van der Waals surface area contributed by atoms with Gasteiger partial charge in [-0.3, -0.25) is 4.79 Å².